The predicted octanol–water partition coefficient (Wildman–Crippen LogP) is 3.53. The van der Waals surface area contributed by atoms with Crippen molar-refractivity contribution < 1.29 is 9.53 Å². The smallest absolute Gasteiger partial charge is 0.410 e. The van der Waals surface area contributed by atoms with E-state index in [0.29, 0.717) is 36.1 Å². The van der Waals surface area contributed by atoms with Gasteiger partial charge in [0.2, 0.25) is 5.95 Å². The lowest BCUT2D eigenvalue weighted by atomic mass is 10.1. The number of hydrogen-bond donors (Lipinski definition) is 2. The molecule has 3 rings (SSSR count). The maximum atomic E-state index is 12.4. The molecule has 160 valence electrons. The summed E-state index contributed by atoms with van der Waals surface area (Å²) in [6.45, 7) is 10.8. The summed E-state index contributed by atoms with van der Waals surface area (Å²) in [5.74, 6) is 1.03. The molecule has 0 aromatic carbocycles. The van der Waals surface area contributed by atoms with Gasteiger partial charge in [-0.3, -0.25) is 0 Å². The van der Waals surface area contributed by atoms with Crippen molar-refractivity contribution in [1.29, 1.82) is 5.26 Å². The summed E-state index contributed by atoms with van der Waals surface area (Å²) in [5.41, 5.74) is 0.448. The molecule has 0 saturated carbocycles. The molecule has 1 saturated heterocycles. The second kappa shape index (κ2) is 8.69. The Balaban J connectivity index is 1.78. The number of amides is 1. The van der Waals surface area contributed by atoms with Crippen molar-refractivity contribution in [2.75, 3.05) is 23.7 Å². The first-order chi connectivity index (χ1) is 14.1. The molecule has 0 aliphatic carbocycles. The fourth-order valence-corrected chi connectivity index (χ4v) is 3.31. The van der Waals surface area contributed by atoms with Crippen LogP contribution >= 0.6 is 0 Å². The van der Waals surface area contributed by atoms with Gasteiger partial charge >= 0.3 is 6.09 Å². The van der Waals surface area contributed by atoms with Crippen LogP contribution in [-0.2, 0) is 4.74 Å². The van der Waals surface area contributed by atoms with Gasteiger partial charge in [0.1, 0.15) is 22.9 Å². The Morgan fingerprint density at radius 1 is 1.37 bits per heavy atom. The molecule has 0 radical (unpaired) electrons. The van der Waals surface area contributed by atoms with Crippen LogP contribution in [0.1, 0.15) is 53.2 Å². The van der Waals surface area contributed by atoms with E-state index in [4.69, 9.17) is 4.74 Å². The molecule has 2 aromatic rings. The third-order valence-corrected chi connectivity index (χ3v) is 4.51. The van der Waals surface area contributed by atoms with E-state index in [1.807, 2.05) is 34.6 Å². The zero-order valence-corrected chi connectivity index (χ0v) is 18.2. The number of nitrogens with zero attached hydrogens (tertiary/aromatic N) is 5. The van der Waals surface area contributed by atoms with Crippen LogP contribution in [0, 0.1) is 11.3 Å². The molecule has 1 aliphatic rings. The monoisotopic (exact) mass is 411 g/mol. The number of carbonyl (C=O) groups excluding carboxylic acids is 1. The van der Waals surface area contributed by atoms with E-state index in [0.717, 1.165) is 18.2 Å². The second-order valence-corrected chi connectivity index (χ2v) is 8.81. The van der Waals surface area contributed by atoms with Crippen LogP contribution in [0.15, 0.2) is 12.3 Å². The minimum atomic E-state index is -0.520. The van der Waals surface area contributed by atoms with Gasteiger partial charge in [0, 0.05) is 36.8 Å². The van der Waals surface area contributed by atoms with Crippen molar-refractivity contribution in [3.63, 3.8) is 0 Å². The third-order valence-electron chi connectivity index (χ3n) is 4.51. The van der Waals surface area contributed by atoms with E-state index in [1.165, 1.54) is 0 Å². The molecule has 0 bridgehead atoms. The highest BCUT2D eigenvalue weighted by Crippen LogP contribution is 2.23. The van der Waals surface area contributed by atoms with Gasteiger partial charge in [-0.25, -0.2) is 19.7 Å². The van der Waals surface area contributed by atoms with Gasteiger partial charge in [-0.05, 0) is 53.5 Å². The molecule has 9 nitrogen and oxygen atoms in total. The first kappa shape index (κ1) is 21.6. The van der Waals surface area contributed by atoms with Crippen molar-refractivity contribution in [2.24, 2.45) is 0 Å². The normalized spacial score (nSPS) is 17.0. The number of anilines is 2. The summed E-state index contributed by atoms with van der Waals surface area (Å²) in [6, 6.07) is 3.91. The second-order valence-electron chi connectivity index (χ2n) is 8.81. The van der Waals surface area contributed by atoms with Crippen LogP contribution < -0.4 is 10.6 Å². The van der Waals surface area contributed by atoms with Crippen molar-refractivity contribution in [3.05, 3.63) is 18.0 Å². The molecule has 2 aromatic heterocycles. The van der Waals surface area contributed by atoms with Gasteiger partial charge in [0.15, 0.2) is 5.82 Å². The molecule has 9 heteroatoms. The molecule has 1 amide bonds. The number of nitrogens with one attached hydrogen (secondary N) is 2. The van der Waals surface area contributed by atoms with Crippen LogP contribution in [-0.4, -0.2) is 56.7 Å². The first-order valence-corrected chi connectivity index (χ1v) is 10.2. The van der Waals surface area contributed by atoms with E-state index in [2.05, 4.69) is 31.7 Å². The maximum absolute atomic E-state index is 12.4. The summed E-state index contributed by atoms with van der Waals surface area (Å²) in [6.07, 6.45) is 3.17. The molecule has 0 unspecified atom stereocenters. The number of carbonyl (C=O) groups is 1. The Morgan fingerprint density at radius 3 is 2.80 bits per heavy atom. The summed E-state index contributed by atoms with van der Waals surface area (Å²) < 4.78 is 5.49. The van der Waals surface area contributed by atoms with Gasteiger partial charge in [-0.2, -0.15) is 5.26 Å². The standard InChI is InChI=1S/C21H29N7O2/c1-13(2)24-18-17-14(9-16(10-22)25-18)11-23-19(27-17)26-15-7-6-8-28(12-15)20(29)30-21(3,4)5/h9,11,13,15H,6-8,12H2,1-5H3,(H,24,25)(H,23,26,27)/t15-/m0/s1. The van der Waals surface area contributed by atoms with Crippen LogP contribution in [0.2, 0.25) is 0 Å². The third kappa shape index (κ3) is 5.47. The number of pyridine rings is 1. The van der Waals surface area contributed by atoms with Gasteiger partial charge in [-0.15, -0.1) is 0 Å². The zero-order valence-electron chi connectivity index (χ0n) is 18.2. The molecule has 3 heterocycles. The highest BCUT2D eigenvalue weighted by molar-refractivity contribution is 5.89. The van der Waals surface area contributed by atoms with Gasteiger partial charge in [0.25, 0.3) is 0 Å². The fraction of sp³-hybridized carbons (Fsp3) is 0.571. The van der Waals surface area contributed by atoms with Gasteiger partial charge in [-0.1, -0.05) is 0 Å². The van der Waals surface area contributed by atoms with Crippen LogP contribution in [0.3, 0.4) is 0 Å². The number of nitriles is 1. The van der Waals surface area contributed by atoms with E-state index in [-0.39, 0.29) is 18.2 Å². The SMILES string of the molecule is CC(C)Nc1nc(C#N)cc2cnc(N[C@H]3CCCN(C(=O)OC(C)(C)C)C3)nc12. The molecular weight excluding hydrogens is 382 g/mol. The lowest BCUT2D eigenvalue weighted by molar-refractivity contribution is 0.0206. The average Bonchev–Trinajstić information content (AvgIpc) is 2.66. The Morgan fingerprint density at radius 2 is 2.13 bits per heavy atom. The predicted molar refractivity (Wildman–Crippen MR) is 115 cm³/mol. The zero-order chi connectivity index (χ0) is 21.9. The van der Waals surface area contributed by atoms with Crippen molar-refractivity contribution >= 4 is 28.8 Å². The summed E-state index contributed by atoms with van der Waals surface area (Å²) >= 11 is 0. The topological polar surface area (TPSA) is 116 Å². The minimum Gasteiger partial charge on any atom is -0.444 e. The number of hydrogen-bond acceptors (Lipinski definition) is 8. The Bertz CT molecular complexity index is 962. The number of fused-ring (bicyclic) bond motifs is 1. The molecule has 1 aliphatic heterocycles. The summed E-state index contributed by atoms with van der Waals surface area (Å²) in [4.78, 5) is 27.5. The Hall–Kier alpha value is -3.15. The number of rotatable bonds is 4. The minimum absolute atomic E-state index is 0.0246. The quantitative estimate of drug-likeness (QED) is 0.785. The fourth-order valence-electron chi connectivity index (χ4n) is 3.31. The number of aromatic nitrogens is 3. The van der Waals surface area contributed by atoms with Crippen molar-refractivity contribution in [1.82, 2.24) is 19.9 Å². The van der Waals surface area contributed by atoms with Crippen LogP contribution in [0.5, 0.6) is 0 Å². The molecule has 0 spiro atoms. The lowest BCUT2D eigenvalue weighted by Crippen LogP contribution is -2.47. The molecular formula is C21H29N7O2. The number of likely N-dealkylation sites (tertiary alicyclic amines) is 1. The summed E-state index contributed by atoms with van der Waals surface area (Å²) in [5, 5.41) is 16.6. The van der Waals surface area contributed by atoms with Gasteiger partial charge in [0.05, 0.1) is 0 Å². The van der Waals surface area contributed by atoms with Crippen LogP contribution in [0.25, 0.3) is 10.9 Å². The largest absolute Gasteiger partial charge is 0.444 e. The lowest BCUT2D eigenvalue weighted by Gasteiger charge is -2.34. The van der Waals surface area contributed by atoms with E-state index >= 15 is 0 Å². The van der Waals surface area contributed by atoms with Crippen molar-refractivity contribution in [2.45, 2.75) is 65.1 Å². The first-order valence-electron chi connectivity index (χ1n) is 10.2. The van der Waals surface area contributed by atoms with E-state index < -0.39 is 5.60 Å². The molecule has 1 fully saturated rings. The Labute approximate surface area is 176 Å². The van der Waals surface area contributed by atoms with E-state index in [9.17, 15) is 10.1 Å². The maximum Gasteiger partial charge on any atom is 0.410 e. The Kier molecular flexibility index (Phi) is 6.25. The summed E-state index contributed by atoms with van der Waals surface area (Å²) in [7, 11) is 0. The molecule has 2 N–H and O–H groups in total. The average molecular weight is 412 g/mol. The van der Waals surface area contributed by atoms with E-state index in [1.54, 1.807) is 17.2 Å². The van der Waals surface area contributed by atoms with Crippen LogP contribution in [0.4, 0.5) is 16.6 Å². The van der Waals surface area contributed by atoms with Crippen molar-refractivity contribution in [3.8, 4) is 6.07 Å². The molecule has 30 heavy (non-hydrogen) atoms. The highest BCUT2D eigenvalue weighted by atomic mass is 16.6. The number of ether oxygens (including phenoxy) is 1. The highest BCUT2D eigenvalue weighted by Gasteiger charge is 2.28. The number of piperidine rings is 1. The molecule has 1 atom stereocenters. The van der Waals surface area contributed by atoms with Gasteiger partial charge < -0.3 is 20.3 Å².